The lowest BCUT2D eigenvalue weighted by Gasteiger charge is -2.07. The third kappa shape index (κ3) is 4.09. The fourth-order valence-electron chi connectivity index (χ4n) is 1.39. The van der Waals surface area contributed by atoms with Gasteiger partial charge in [-0.1, -0.05) is 11.2 Å². The zero-order chi connectivity index (χ0) is 14.6. The van der Waals surface area contributed by atoms with Gasteiger partial charge in [-0.25, -0.2) is 13.1 Å². The third-order valence-corrected chi connectivity index (χ3v) is 3.43. The average Bonchev–Trinajstić information content (AvgIpc) is 2.73. The Kier molecular flexibility index (Phi) is 4.03. The van der Waals surface area contributed by atoms with Crippen LogP contribution in [-0.2, 0) is 17.1 Å². The summed E-state index contributed by atoms with van der Waals surface area (Å²) in [6.45, 7) is -0.0148. The number of nitrogens with two attached hydrogens (primary N) is 1. The minimum Gasteiger partial charge on any atom is -0.492 e. The molecular weight excluding hydrogens is 284 g/mol. The van der Waals surface area contributed by atoms with E-state index < -0.39 is 10.0 Å². The number of ether oxygens (including phenoxy) is 1. The number of hydrogen-bond acceptors (Lipinski definition) is 7. The summed E-state index contributed by atoms with van der Waals surface area (Å²) in [6.07, 6.45) is 0. The Bertz CT molecular complexity index is 684. The summed E-state index contributed by atoms with van der Waals surface area (Å²) in [5.41, 5.74) is 6.13. The van der Waals surface area contributed by atoms with Gasteiger partial charge in [-0.05, 0) is 17.3 Å². The number of anilines is 2. The summed E-state index contributed by atoms with van der Waals surface area (Å²) < 4.78 is 31.0. The first-order valence-corrected chi connectivity index (χ1v) is 7.33. The average molecular weight is 298 g/mol. The molecule has 0 radical (unpaired) electrons. The first kappa shape index (κ1) is 14.1. The summed E-state index contributed by atoms with van der Waals surface area (Å²) in [5.74, 6) is 0.203. The third-order valence-electron chi connectivity index (χ3n) is 2.23. The van der Waals surface area contributed by atoms with Crippen LogP contribution < -0.4 is 15.2 Å². The van der Waals surface area contributed by atoms with Crippen LogP contribution in [0.4, 0.5) is 11.6 Å². The highest BCUT2D eigenvalue weighted by Crippen LogP contribution is 2.14. The van der Waals surface area contributed by atoms with Crippen molar-refractivity contribution in [3.63, 3.8) is 0 Å². The Morgan fingerprint density at radius 1 is 1.45 bits per heavy atom. The molecule has 0 atom stereocenters. The van der Waals surface area contributed by atoms with E-state index in [2.05, 4.69) is 20.1 Å². The van der Waals surface area contributed by atoms with Crippen LogP contribution in [0.15, 0.2) is 24.3 Å². The van der Waals surface area contributed by atoms with E-state index in [-0.39, 0.29) is 18.3 Å². The van der Waals surface area contributed by atoms with Crippen LogP contribution in [0, 0.1) is 0 Å². The number of nitrogen functional groups attached to an aromatic ring is 1. The van der Waals surface area contributed by atoms with Crippen molar-refractivity contribution >= 4 is 21.7 Å². The van der Waals surface area contributed by atoms with Gasteiger partial charge in [0.25, 0.3) is 5.95 Å². The van der Waals surface area contributed by atoms with E-state index >= 15 is 0 Å². The fraction of sp³-hybridized carbons (Fsp3) is 0.300. The number of benzene rings is 1. The number of nitrogens with zero attached hydrogens (tertiary/aromatic N) is 4. The summed E-state index contributed by atoms with van der Waals surface area (Å²) in [4.78, 5) is 1.15. The number of hydrogen-bond donors (Lipinski definition) is 2. The van der Waals surface area contributed by atoms with Gasteiger partial charge >= 0.3 is 0 Å². The lowest BCUT2D eigenvalue weighted by atomic mass is 10.3. The van der Waals surface area contributed by atoms with Gasteiger partial charge in [-0.2, -0.15) is 4.80 Å². The molecule has 0 saturated heterocycles. The highest BCUT2D eigenvalue weighted by molar-refractivity contribution is 7.92. The molecule has 0 aliphatic heterocycles. The Labute approximate surface area is 115 Å². The van der Waals surface area contributed by atoms with Crippen molar-refractivity contribution in [3.8, 4) is 5.75 Å². The second kappa shape index (κ2) is 5.74. The van der Waals surface area contributed by atoms with Crippen LogP contribution >= 0.6 is 0 Å². The molecule has 10 heteroatoms. The number of rotatable bonds is 6. The van der Waals surface area contributed by atoms with Gasteiger partial charge < -0.3 is 10.5 Å². The first-order chi connectivity index (χ1) is 9.44. The van der Waals surface area contributed by atoms with Crippen molar-refractivity contribution in [2.75, 3.05) is 22.8 Å². The van der Waals surface area contributed by atoms with Gasteiger partial charge in [0.2, 0.25) is 10.0 Å². The monoisotopic (exact) mass is 298 g/mol. The smallest absolute Gasteiger partial charge is 0.276 e. The molecule has 2 aromatic rings. The van der Waals surface area contributed by atoms with Crippen LogP contribution in [0.25, 0.3) is 0 Å². The molecule has 108 valence electrons. The fourth-order valence-corrected chi connectivity index (χ4v) is 2.15. The second-order valence-electron chi connectivity index (χ2n) is 3.94. The number of nitrogens with one attached hydrogen (secondary N) is 1. The summed E-state index contributed by atoms with van der Waals surface area (Å²) in [6, 6.07) is 6.75. The molecule has 0 saturated carbocycles. The molecule has 0 spiro atoms. The molecule has 0 aliphatic rings. The van der Waals surface area contributed by atoms with Gasteiger partial charge in [0.05, 0.1) is 7.05 Å². The van der Waals surface area contributed by atoms with Crippen LogP contribution in [0.3, 0.4) is 0 Å². The summed E-state index contributed by atoms with van der Waals surface area (Å²) in [5, 5.41) is 10.8. The first-order valence-electron chi connectivity index (χ1n) is 5.67. The Balaban J connectivity index is 1.86. The van der Waals surface area contributed by atoms with E-state index in [0.717, 1.165) is 4.80 Å². The number of tetrazole rings is 1. The van der Waals surface area contributed by atoms with Crippen molar-refractivity contribution in [3.05, 3.63) is 24.3 Å². The molecule has 20 heavy (non-hydrogen) atoms. The van der Waals surface area contributed by atoms with Crippen molar-refractivity contribution in [1.82, 2.24) is 20.2 Å². The van der Waals surface area contributed by atoms with E-state index in [1.807, 2.05) is 0 Å². The minimum atomic E-state index is -3.59. The molecule has 2 rings (SSSR count). The standard InChI is InChI=1S/C10H14N6O3S/c1-16-13-10(12-15-16)14-20(17,18)6-5-19-9-4-2-3-8(11)7-9/h2-4,7H,5-6,11H2,1H3,(H,13,14). The van der Waals surface area contributed by atoms with Crippen LogP contribution in [0.5, 0.6) is 5.75 Å². The minimum absolute atomic E-state index is 0.0148. The maximum absolute atomic E-state index is 11.7. The van der Waals surface area contributed by atoms with Crippen molar-refractivity contribution < 1.29 is 13.2 Å². The van der Waals surface area contributed by atoms with Crippen molar-refractivity contribution in [2.45, 2.75) is 0 Å². The molecule has 1 heterocycles. The SMILES string of the molecule is Cn1nnc(NS(=O)(=O)CCOc2cccc(N)c2)n1. The largest absolute Gasteiger partial charge is 0.492 e. The van der Waals surface area contributed by atoms with Gasteiger partial charge in [0, 0.05) is 11.8 Å². The molecule has 1 aromatic heterocycles. The quantitative estimate of drug-likeness (QED) is 0.696. The maximum atomic E-state index is 11.7. The lowest BCUT2D eigenvalue weighted by Crippen LogP contribution is -2.22. The molecule has 3 N–H and O–H groups in total. The van der Waals surface area contributed by atoms with Crippen LogP contribution in [0.1, 0.15) is 0 Å². The van der Waals surface area contributed by atoms with E-state index in [1.54, 1.807) is 24.3 Å². The topological polar surface area (TPSA) is 125 Å². The molecule has 0 amide bonds. The van der Waals surface area contributed by atoms with Crippen LogP contribution in [0.2, 0.25) is 0 Å². The molecular formula is C10H14N6O3S. The van der Waals surface area contributed by atoms with Gasteiger partial charge in [0.15, 0.2) is 0 Å². The number of sulfonamides is 1. The van der Waals surface area contributed by atoms with Crippen LogP contribution in [-0.4, -0.2) is 41.0 Å². The molecule has 0 unspecified atom stereocenters. The van der Waals surface area contributed by atoms with E-state index in [4.69, 9.17) is 10.5 Å². The molecule has 1 aromatic carbocycles. The van der Waals surface area contributed by atoms with Gasteiger partial charge in [0.1, 0.15) is 18.1 Å². The molecule has 0 aliphatic carbocycles. The van der Waals surface area contributed by atoms with E-state index in [0.29, 0.717) is 11.4 Å². The van der Waals surface area contributed by atoms with E-state index in [1.165, 1.54) is 7.05 Å². The Morgan fingerprint density at radius 2 is 2.25 bits per heavy atom. The summed E-state index contributed by atoms with van der Waals surface area (Å²) >= 11 is 0. The molecule has 0 fully saturated rings. The second-order valence-corrected chi connectivity index (χ2v) is 5.79. The molecule has 0 bridgehead atoms. The predicted octanol–water partition coefficient (Wildman–Crippen LogP) is -0.387. The summed E-state index contributed by atoms with van der Waals surface area (Å²) in [7, 11) is -2.05. The zero-order valence-electron chi connectivity index (χ0n) is 10.7. The number of aromatic nitrogens is 4. The lowest BCUT2D eigenvalue weighted by molar-refractivity contribution is 0.341. The van der Waals surface area contributed by atoms with Crippen molar-refractivity contribution in [1.29, 1.82) is 0 Å². The van der Waals surface area contributed by atoms with E-state index in [9.17, 15) is 8.42 Å². The van der Waals surface area contributed by atoms with Gasteiger partial charge in [-0.15, -0.1) is 5.10 Å². The highest BCUT2D eigenvalue weighted by Gasteiger charge is 2.13. The van der Waals surface area contributed by atoms with Crippen molar-refractivity contribution in [2.24, 2.45) is 7.05 Å². The predicted molar refractivity (Wildman–Crippen MR) is 72.6 cm³/mol. The van der Waals surface area contributed by atoms with Gasteiger partial charge in [-0.3, -0.25) is 0 Å². The Hall–Kier alpha value is -2.36. The highest BCUT2D eigenvalue weighted by atomic mass is 32.2. The maximum Gasteiger partial charge on any atom is 0.276 e. The normalized spacial score (nSPS) is 11.2. The Morgan fingerprint density at radius 3 is 2.90 bits per heavy atom. The zero-order valence-corrected chi connectivity index (χ0v) is 11.5. The molecule has 9 nitrogen and oxygen atoms in total. The number of aryl methyl sites for hydroxylation is 1.